The van der Waals surface area contributed by atoms with Gasteiger partial charge in [-0.05, 0) is 38.1 Å². The number of nitrogens with zero attached hydrogens (tertiary/aromatic N) is 1. The summed E-state index contributed by atoms with van der Waals surface area (Å²) in [5.41, 5.74) is 0. The fourth-order valence-electron chi connectivity index (χ4n) is 1.97. The first-order valence-corrected chi connectivity index (χ1v) is 6.93. The lowest BCUT2D eigenvalue weighted by atomic mass is 10.3. The van der Waals surface area contributed by atoms with Crippen LogP contribution < -0.4 is 0 Å². The van der Waals surface area contributed by atoms with Gasteiger partial charge < -0.3 is 9.52 Å². The van der Waals surface area contributed by atoms with E-state index in [1.807, 2.05) is 19.1 Å². The van der Waals surface area contributed by atoms with Crippen molar-refractivity contribution in [3.05, 3.63) is 46.0 Å². The Balaban J connectivity index is 2.00. The lowest BCUT2D eigenvalue weighted by Crippen LogP contribution is -2.29. The average Bonchev–Trinajstić information content (AvgIpc) is 2.89. The Labute approximate surface area is 112 Å². The Morgan fingerprint density at radius 1 is 1.33 bits per heavy atom. The lowest BCUT2D eigenvalue weighted by molar-refractivity contribution is 0.114. The van der Waals surface area contributed by atoms with E-state index in [9.17, 15) is 5.11 Å². The predicted octanol–water partition coefficient (Wildman–Crippen LogP) is 3.03. The summed E-state index contributed by atoms with van der Waals surface area (Å²) in [5.74, 6) is 0.934. The molecule has 18 heavy (non-hydrogen) atoms. The summed E-state index contributed by atoms with van der Waals surface area (Å²) in [4.78, 5) is 4.84. The molecule has 3 nitrogen and oxygen atoms in total. The number of aliphatic hydroxyl groups excluding tert-OH is 1. The number of aliphatic hydroxyl groups is 1. The normalized spacial score (nSPS) is 13.1. The second kappa shape index (κ2) is 6.18. The number of hydrogen-bond acceptors (Lipinski definition) is 4. The van der Waals surface area contributed by atoms with Crippen molar-refractivity contribution in [2.45, 2.75) is 33.0 Å². The van der Waals surface area contributed by atoms with E-state index in [4.69, 9.17) is 4.42 Å². The molecule has 2 aromatic rings. The second-order valence-electron chi connectivity index (χ2n) is 4.61. The van der Waals surface area contributed by atoms with Crippen LogP contribution in [0.25, 0.3) is 0 Å². The van der Waals surface area contributed by atoms with E-state index in [1.54, 1.807) is 17.6 Å². The fraction of sp³-hybridized carbons (Fsp3) is 0.429. The maximum absolute atomic E-state index is 9.57. The highest BCUT2D eigenvalue weighted by atomic mass is 32.1. The molecule has 0 aromatic carbocycles. The summed E-state index contributed by atoms with van der Waals surface area (Å²) in [7, 11) is 0. The van der Waals surface area contributed by atoms with Crippen molar-refractivity contribution in [1.29, 1.82) is 0 Å². The van der Waals surface area contributed by atoms with Crippen LogP contribution in [0.3, 0.4) is 0 Å². The Hall–Kier alpha value is -1.10. The first kappa shape index (κ1) is 13.3. The fourth-order valence-corrected chi connectivity index (χ4v) is 2.90. The third-order valence-corrected chi connectivity index (χ3v) is 3.64. The monoisotopic (exact) mass is 265 g/mol. The van der Waals surface area contributed by atoms with Gasteiger partial charge in [0.1, 0.15) is 5.76 Å². The van der Waals surface area contributed by atoms with Crippen molar-refractivity contribution in [2.75, 3.05) is 6.54 Å². The maximum Gasteiger partial charge on any atom is 0.117 e. The van der Waals surface area contributed by atoms with Gasteiger partial charge in [0.25, 0.3) is 0 Å². The highest BCUT2D eigenvalue weighted by Crippen LogP contribution is 2.18. The SMILES string of the molecule is Cc1ccc(CN(Cc2ccco2)C[C@@H](C)O)s1. The summed E-state index contributed by atoms with van der Waals surface area (Å²) < 4.78 is 5.37. The highest BCUT2D eigenvalue weighted by molar-refractivity contribution is 7.11. The van der Waals surface area contributed by atoms with Crippen LogP contribution in [-0.4, -0.2) is 22.7 Å². The first-order chi connectivity index (χ1) is 8.63. The summed E-state index contributed by atoms with van der Waals surface area (Å²) in [6.07, 6.45) is 1.35. The lowest BCUT2D eigenvalue weighted by Gasteiger charge is -2.21. The molecule has 2 heterocycles. The van der Waals surface area contributed by atoms with Crippen LogP contribution in [-0.2, 0) is 13.1 Å². The molecule has 0 aliphatic carbocycles. The average molecular weight is 265 g/mol. The molecule has 98 valence electrons. The molecular formula is C14H19NO2S. The van der Waals surface area contributed by atoms with E-state index in [2.05, 4.69) is 24.0 Å². The third kappa shape index (κ3) is 3.98. The zero-order chi connectivity index (χ0) is 13.0. The quantitative estimate of drug-likeness (QED) is 0.872. The van der Waals surface area contributed by atoms with Crippen molar-refractivity contribution in [1.82, 2.24) is 4.90 Å². The zero-order valence-electron chi connectivity index (χ0n) is 10.8. The first-order valence-electron chi connectivity index (χ1n) is 6.11. The van der Waals surface area contributed by atoms with Crippen molar-refractivity contribution in [3.63, 3.8) is 0 Å². The smallest absolute Gasteiger partial charge is 0.117 e. The summed E-state index contributed by atoms with van der Waals surface area (Å²) in [5, 5.41) is 9.57. The van der Waals surface area contributed by atoms with Crippen LogP contribution in [0.15, 0.2) is 34.9 Å². The molecule has 0 fully saturated rings. The molecule has 1 atom stereocenters. The van der Waals surface area contributed by atoms with Gasteiger partial charge in [-0.2, -0.15) is 0 Å². The minimum atomic E-state index is -0.332. The van der Waals surface area contributed by atoms with Gasteiger partial charge >= 0.3 is 0 Å². The Bertz CT molecular complexity index is 462. The molecule has 1 N–H and O–H groups in total. The summed E-state index contributed by atoms with van der Waals surface area (Å²) >= 11 is 1.80. The number of rotatable bonds is 6. The minimum absolute atomic E-state index is 0.332. The van der Waals surface area contributed by atoms with Crippen LogP contribution in [0, 0.1) is 6.92 Å². The van der Waals surface area contributed by atoms with Gasteiger partial charge in [-0.25, -0.2) is 0 Å². The molecule has 0 aliphatic heterocycles. The van der Waals surface area contributed by atoms with E-state index in [0.29, 0.717) is 6.54 Å². The highest BCUT2D eigenvalue weighted by Gasteiger charge is 2.12. The maximum atomic E-state index is 9.57. The van der Waals surface area contributed by atoms with Crippen LogP contribution in [0.2, 0.25) is 0 Å². The minimum Gasteiger partial charge on any atom is -0.468 e. The standard InChI is InChI=1S/C14H19NO2S/c1-11(16)8-15(9-13-4-3-7-17-13)10-14-6-5-12(2)18-14/h3-7,11,16H,8-10H2,1-2H3/t11-/m1/s1. The Morgan fingerprint density at radius 3 is 2.72 bits per heavy atom. The van der Waals surface area contributed by atoms with Gasteiger partial charge in [0.2, 0.25) is 0 Å². The molecule has 0 spiro atoms. The molecule has 0 bridgehead atoms. The molecule has 0 saturated heterocycles. The van der Waals surface area contributed by atoms with Crippen LogP contribution >= 0.6 is 11.3 Å². The Morgan fingerprint density at radius 2 is 2.17 bits per heavy atom. The van der Waals surface area contributed by atoms with Gasteiger partial charge in [-0.1, -0.05) is 0 Å². The topological polar surface area (TPSA) is 36.6 Å². The molecule has 0 unspecified atom stereocenters. The van der Waals surface area contributed by atoms with Gasteiger partial charge in [0.15, 0.2) is 0 Å². The van der Waals surface area contributed by atoms with Gasteiger partial charge in [-0.15, -0.1) is 11.3 Å². The molecule has 0 saturated carbocycles. The van der Waals surface area contributed by atoms with Crippen molar-refractivity contribution >= 4 is 11.3 Å². The predicted molar refractivity (Wildman–Crippen MR) is 73.6 cm³/mol. The van der Waals surface area contributed by atoms with Crippen LogP contribution in [0.4, 0.5) is 0 Å². The second-order valence-corrected chi connectivity index (χ2v) is 5.98. The number of furan rings is 1. The van der Waals surface area contributed by atoms with Gasteiger partial charge in [0, 0.05) is 22.8 Å². The van der Waals surface area contributed by atoms with Crippen molar-refractivity contribution < 1.29 is 9.52 Å². The zero-order valence-corrected chi connectivity index (χ0v) is 11.6. The van der Waals surface area contributed by atoms with Crippen molar-refractivity contribution in [3.8, 4) is 0 Å². The summed E-state index contributed by atoms with van der Waals surface area (Å²) in [6, 6.07) is 8.14. The van der Waals surface area contributed by atoms with Crippen LogP contribution in [0.5, 0.6) is 0 Å². The van der Waals surface area contributed by atoms with E-state index in [0.717, 1.165) is 18.8 Å². The van der Waals surface area contributed by atoms with Crippen LogP contribution in [0.1, 0.15) is 22.4 Å². The van der Waals surface area contributed by atoms with E-state index < -0.39 is 0 Å². The molecular weight excluding hydrogens is 246 g/mol. The molecule has 0 amide bonds. The Kier molecular flexibility index (Phi) is 4.58. The third-order valence-electron chi connectivity index (χ3n) is 2.66. The number of thiophene rings is 1. The molecule has 2 rings (SSSR count). The van der Waals surface area contributed by atoms with E-state index >= 15 is 0 Å². The molecule has 4 heteroatoms. The largest absolute Gasteiger partial charge is 0.468 e. The van der Waals surface area contributed by atoms with E-state index in [1.165, 1.54) is 9.75 Å². The van der Waals surface area contributed by atoms with Gasteiger partial charge in [-0.3, -0.25) is 4.90 Å². The van der Waals surface area contributed by atoms with Gasteiger partial charge in [0.05, 0.1) is 18.9 Å². The van der Waals surface area contributed by atoms with E-state index in [-0.39, 0.29) is 6.10 Å². The molecule has 0 aliphatic rings. The summed E-state index contributed by atoms with van der Waals surface area (Å²) in [6.45, 7) is 6.16. The molecule has 2 aromatic heterocycles. The molecule has 0 radical (unpaired) electrons. The number of aryl methyl sites for hydroxylation is 1. The van der Waals surface area contributed by atoms with Crippen molar-refractivity contribution in [2.24, 2.45) is 0 Å². The number of hydrogen-bond donors (Lipinski definition) is 1.